The Labute approximate surface area is 111 Å². The summed E-state index contributed by atoms with van der Waals surface area (Å²) in [6.45, 7) is 7.64. The zero-order valence-corrected chi connectivity index (χ0v) is 11.9. The van der Waals surface area contributed by atoms with E-state index in [9.17, 15) is 9.90 Å². The zero-order valence-electron chi connectivity index (χ0n) is 11.9. The van der Waals surface area contributed by atoms with Crippen molar-refractivity contribution in [2.24, 2.45) is 7.05 Å². The number of hydrogen-bond acceptors (Lipinski definition) is 3. The molecule has 2 aromatic rings. The zero-order chi connectivity index (χ0) is 14.3. The van der Waals surface area contributed by atoms with Crippen LogP contribution in [0.5, 0.6) is 0 Å². The monoisotopic (exact) mass is 262 g/mol. The van der Waals surface area contributed by atoms with E-state index in [0.717, 1.165) is 23.4 Å². The second-order valence-corrected chi connectivity index (χ2v) is 4.63. The molecule has 2 aromatic heterocycles. The van der Waals surface area contributed by atoms with Gasteiger partial charge in [-0.3, -0.25) is 0 Å². The first-order chi connectivity index (χ1) is 8.88. The van der Waals surface area contributed by atoms with Crippen molar-refractivity contribution in [2.45, 2.75) is 34.1 Å². The molecule has 0 unspecified atom stereocenters. The molecule has 0 aliphatic heterocycles. The third-order valence-electron chi connectivity index (χ3n) is 3.40. The average Bonchev–Trinajstić information content (AvgIpc) is 2.75. The van der Waals surface area contributed by atoms with E-state index in [0.29, 0.717) is 11.5 Å². The summed E-state index contributed by atoms with van der Waals surface area (Å²) in [5.74, 6) is -0.475. The largest absolute Gasteiger partial charge is 0.477 e. The first-order valence-corrected chi connectivity index (χ1v) is 6.20. The maximum atomic E-state index is 11.4. The van der Waals surface area contributed by atoms with Gasteiger partial charge in [0.25, 0.3) is 0 Å². The first-order valence-electron chi connectivity index (χ1n) is 6.20. The summed E-state index contributed by atoms with van der Waals surface area (Å²) in [5, 5.41) is 18.0. The van der Waals surface area contributed by atoms with Crippen LogP contribution in [0.2, 0.25) is 0 Å². The highest BCUT2D eigenvalue weighted by atomic mass is 16.4. The van der Waals surface area contributed by atoms with Crippen molar-refractivity contribution < 1.29 is 9.90 Å². The quantitative estimate of drug-likeness (QED) is 0.915. The Morgan fingerprint density at radius 2 is 1.84 bits per heavy atom. The summed E-state index contributed by atoms with van der Waals surface area (Å²) in [7, 11) is 1.73. The van der Waals surface area contributed by atoms with Gasteiger partial charge in [-0.1, -0.05) is 6.92 Å². The fraction of sp³-hybridized carbons (Fsp3) is 0.462. The molecule has 102 valence electrons. The van der Waals surface area contributed by atoms with Gasteiger partial charge in [0, 0.05) is 12.7 Å². The van der Waals surface area contributed by atoms with Crippen LogP contribution in [0.4, 0.5) is 0 Å². The third kappa shape index (κ3) is 1.93. The topological polar surface area (TPSA) is 72.9 Å². The van der Waals surface area contributed by atoms with E-state index < -0.39 is 5.97 Å². The number of carbonyl (C=O) groups is 1. The summed E-state index contributed by atoms with van der Waals surface area (Å²) in [6.07, 6.45) is 0.872. The van der Waals surface area contributed by atoms with Crippen molar-refractivity contribution in [2.75, 3.05) is 0 Å². The minimum atomic E-state index is -0.980. The third-order valence-corrected chi connectivity index (χ3v) is 3.40. The molecule has 2 heterocycles. The molecule has 2 rings (SSSR count). The molecule has 0 spiro atoms. The maximum Gasteiger partial charge on any atom is 0.341 e. The van der Waals surface area contributed by atoms with E-state index in [2.05, 4.69) is 17.1 Å². The Balaban J connectivity index is 2.76. The highest BCUT2D eigenvalue weighted by molar-refractivity contribution is 5.92. The number of carboxylic acids is 1. The fourth-order valence-corrected chi connectivity index (χ4v) is 2.53. The molecule has 19 heavy (non-hydrogen) atoms. The molecule has 0 aliphatic rings. The van der Waals surface area contributed by atoms with Crippen LogP contribution < -0.4 is 0 Å². The molecule has 1 N–H and O–H groups in total. The lowest BCUT2D eigenvalue weighted by Gasteiger charge is -2.06. The van der Waals surface area contributed by atoms with Crippen molar-refractivity contribution in [3.8, 4) is 5.82 Å². The Kier molecular flexibility index (Phi) is 3.18. The molecule has 0 amide bonds. The van der Waals surface area contributed by atoms with Crippen LogP contribution in [0.1, 0.15) is 39.9 Å². The minimum absolute atomic E-state index is 0.204. The standard InChI is InChI=1S/C13H18N4O2/c1-6-10-7(2)15-17(9(10)4)12-11(13(18)19)8(3)14-16(12)5/h6H2,1-5H3,(H,18,19). The Morgan fingerprint density at radius 3 is 2.32 bits per heavy atom. The molecule has 0 fully saturated rings. The molecular weight excluding hydrogens is 244 g/mol. The molecule has 6 heteroatoms. The highest BCUT2D eigenvalue weighted by Gasteiger charge is 2.24. The molecule has 0 radical (unpaired) electrons. The van der Waals surface area contributed by atoms with Crippen LogP contribution in [0.25, 0.3) is 5.82 Å². The van der Waals surface area contributed by atoms with Gasteiger partial charge in [0.05, 0.1) is 11.4 Å². The van der Waals surface area contributed by atoms with Gasteiger partial charge in [0.15, 0.2) is 5.82 Å². The van der Waals surface area contributed by atoms with Gasteiger partial charge in [0.1, 0.15) is 5.56 Å². The van der Waals surface area contributed by atoms with Crippen LogP contribution in [0.3, 0.4) is 0 Å². The Morgan fingerprint density at radius 1 is 1.21 bits per heavy atom. The summed E-state index contributed by atoms with van der Waals surface area (Å²) < 4.78 is 3.25. The molecule has 0 bridgehead atoms. The van der Waals surface area contributed by atoms with Crippen LogP contribution in [-0.2, 0) is 13.5 Å². The lowest BCUT2D eigenvalue weighted by Crippen LogP contribution is -2.11. The van der Waals surface area contributed by atoms with Gasteiger partial charge >= 0.3 is 5.97 Å². The first kappa shape index (κ1) is 13.3. The van der Waals surface area contributed by atoms with Gasteiger partial charge < -0.3 is 5.11 Å². The minimum Gasteiger partial charge on any atom is -0.477 e. The summed E-state index contributed by atoms with van der Waals surface area (Å²) >= 11 is 0. The number of hydrogen-bond donors (Lipinski definition) is 1. The van der Waals surface area contributed by atoms with Crippen molar-refractivity contribution >= 4 is 5.97 Å². The van der Waals surface area contributed by atoms with Gasteiger partial charge in [-0.05, 0) is 32.8 Å². The smallest absolute Gasteiger partial charge is 0.341 e. The predicted octanol–water partition coefficient (Wildman–Crippen LogP) is 1.79. The number of nitrogens with zero attached hydrogens (tertiary/aromatic N) is 4. The molecule has 0 aliphatic carbocycles. The average molecular weight is 262 g/mol. The van der Waals surface area contributed by atoms with E-state index in [1.165, 1.54) is 0 Å². The van der Waals surface area contributed by atoms with Crippen molar-refractivity contribution in [1.82, 2.24) is 19.6 Å². The number of aromatic carboxylic acids is 1. The molecular formula is C13H18N4O2. The lowest BCUT2D eigenvalue weighted by atomic mass is 10.1. The van der Waals surface area contributed by atoms with E-state index >= 15 is 0 Å². The van der Waals surface area contributed by atoms with Crippen molar-refractivity contribution in [3.05, 3.63) is 28.2 Å². The fourth-order valence-electron chi connectivity index (χ4n) is 2.53. The highest BCUT2D eigenvalue weighted by Crippen LogP contribution is 2.22. The molecule has 6 nitrogen and oxygen atoms in total. The normalized spacial score (nSPS) is 11.0. The lowest BCUT2D eigenvalue weighted by molar-refractivity contribution is 0.0696. The summed E-state index contributed by atoms with van der Waals surface area (Å²) in [6, 6.07) is 0. The molecule has 0 saturated heterocycles. The second-order valence-electron chi connectivity index (χ2n) is 4.63. The number of aromatic nitrogens is 4. The summed E-state index contributed by atoms with van der Waals surface area (Å²) in [4.78, 5) is 11.4. The van der Waals surface area contributed by atoms with Crippen LogP contribution in [0, 0.1) is 20.8 Å². The number of rotatable bonds is 3. The van der Waals surface area contributed by atoms with E-state index in [4.69, 9.17) is 0 Å². The van der Waals surface area contributed by atoms with E-state index in [1.807, 2.05) is 13.8 Å². The van der Waals surface area contributed by atoms with Gasteiger partial charge in [-0.15, -0.1) is 0 Å². The van der Waals surface area contributed by atoms with Gasteiger partial charge in [0.2, 0.25) is 0 Å². The van der Waals surface area contributed by atoms with Crippen LogP contribution >= 0.6 is 0 Å². The SMILES string of the molecule is CCc1c(C)nn(-c2c(C(=O)O)c(C)nn2C)c1C. The van der Waals surface area contributed by atoms with Gasteiger partial charge in [-0.2, -0.15) is 10.2 Å². The van der Waals surface area contributed by atoms with Crippen molar-refractivity contribution in [3.63, 3.8) is 0 Å². The molecule has 0 atom stereocenters. The Bertz CT molecular complexity index is 652. The number of aryl methyl sites for hydroxylation is 3. The second kappa shape index (κ2) is 4.53. The predicted molar refractivity (Wildman–Crippen MR) is 70.9 cm³/mol. The number of carboxylic acid groups (broad SMARTS) is 1. The van der Waals surface area contributed by atoms with Gasteiger partial charge in [-0.25, -0.2) is 14.2 Å². The Hall–Kier alpha value is -2.11. The molecule has 0 saturated carbocycles. The van der Waals surface area contributed by atoms with Crippen LogP contribution in [-0.4, -0.2) is 30.6 Å². The maximum absolute atomic E-state index is 11.4. The van der Waals surface area contributed by atoms with E-state index in [-0.39, 0.29) is 5.56 Å². The molecule has 0 aromatic carbocycles. The van der Waals surface area contributed by atoms with Crippen molar-refractivity contribution in [1.29, 1.82) is 0 Å². The van der Waals surface area contributed by atoms with Crippen LogP contribution in [0.15, 0.2) is 0 Å². The van der Waals surface area contributed by atoms with E-state index in [1.54, 1.807) is 23.3 Å². The summed E-state index contributed by atoms with van der Waals surface area (Å²) in [5.41, 5.74) is 3.74.